The molecule has 1 aliphatic heterocycles. The normalized spacial score (nSPS) is 14.3. The molecule has 1 aliphatic rings. The van der Waals surface area contributed by atoms with Gasteiger partial charge in [-0.1, -0.05) is 23.3 Å². The molecule has 0 bridgehead atoms. The summed E-state index contributed by atoms with van der Waals surface area (Å²) in [7, 11) is 0. The van der Waals surface area contributed by atoms with E-state index >= 15 is 0 Å². The molecule has 0 unspecified atom stereocenters. The fraction of sp³-hybridized carbons (Fsp3) is 0.211. The summed E-state index contributed by atoms with van der Waals surface area (Å²) < 4.78 is 7.07. The van der Waals surface area contributed by atoms with Crippen LogP contribution in [0.4, 0.5) is 5.95 Å². The Bertz CT molecular complexity index is 1100. The van der Waals surface area contributed by atoms with Gasteiger partial charge in [0.15, 0.2) is 10.8 Å². The van der Waals surface area contributed by atoms with Gasteiger partial charge < -0.3 is 14.2 Å². The molecular formula is C19H17N7O2S. The molecule has 4 aromatic rings. The molecule has 0 spiro atoms. The number of piperazine rings is 1. The zero-order valence-electron chi connectivity index (χ0n) is 15.4. The SMILES string of the molecule is O=C(c1csc(-c2ccco2)n1)N1CCN(c2nnnn2-c2ccccc2)CC1. The second kappa shape index (κ2) is 7.47. The number of rotatable bonds is 4. The van der Waals surface area contributed by atoms with E-state index in [9.17, 15) is 4.79 Å². The average molecular weight is 407 g/mol. The van der Waals surface area contributed by atoms with Gasteiger partial charge in [0.2, 0.25) is 5.95 Å². The van der Waals surface area contributed by atoms with Crippen LogP contribution in [0.1, 0.15) is 10.5 Å². The Hall–Kier alpha value is -3.53. The summed E-state index contributed by atoms with van der Waals surface area (Å²) in [6.07, 6.45) is 1.60. The zero-order valence-corrected chi connectivity index (χ0v) is 16.2. The van der Waals surface area contributed by atoms with E-state index in [1.54, 1.807) is 22.4 Å². The van der Waals surface area contributed by atoms with Crippen LogP contribution in [0, 0.1) is 0 Å². The molecule has 0 atom stereocenters. The number of para-hydroxylation sites is 1. The quantitative estimate of drug-likeness (QED) is 0.513. The molecule has 9 nitrogen and oxygen atoms in total. The molecular weight excluding hydrogens is 390 g/mol. The van der Waals surface area contributed by atoms with Crippen LogP contribution in [0.25, 0.3) is 16.5 Å². The molecule has 5 rings (SSSR count). The van der Waals surface area contributed by atoms with Crippen molar-refractivity contribution >= 4 is 23.2 Å². The van der Waals surface area contributed by atoms with Gasteiger partial charge in [-0.05, 0) is 34.7 Å². The van der Waals surface area contributed by atoms with Crippen molar-refractivity contribution in [2.45, 2.75) is 0 Å². The minimum absolute atomic E-state index is 0.0682. The van der Waals surface area contributed by atoms with Gasteiger partial charge in [-0.25, -0.2) is 4.98 Å². The van der Waals surface area contributed by atoms with Crippen molar-refractivity contribution in [3.05, 3.63) is 59.8 Å². The Labute approximate surface area is 170 Å². The molecule has 1 saturated heterocycles. The Balaban J connectivity index is 1.27. The number of hydrogen-bond donors (Lipinski definition) is 0. The van der Waals surface area contributed by atoms with Gasteiger partial charge >= 0.3 is 0 Å². The lowest BCUT2D eigenvalue weighted by Gasteiger charge is -2.34. The van der Waals surface area contributed by atoms with Crippen LogP contribution in [0.15, 0.2) is 58.5 Å². The number of thiazole rings is 1. The highest BCUT2D eigenvalue weighted by atomic mass is 32.1. The van der Waals surface area contributed by atoms with Gasteiger partial charge in [0.25, 0.3) is 5.91 Å². The second-order valence-corrected chi connectivity index (χ2v) is 7.38. The number of nitrogens with zero attached hydrogens (tertiary/aromatic N) is 7. The van der Waals surface area contributed by atoms with Crippen molar-refractivity contribution in [3.63, 3.8) is 0 Å². The van der Waals surface area contributed by atoms with Crippen LogP contribution in [0.2, 0.25) is 0 Å². The maximum absolute atomic E-state index is 12.8. The van der Waals surface area contributed by atoms with Crippen LogP contribution in [0.3, 0.4) is 0 Å². The fourth-order valence-electron chi connectivity index (χ4n) is 3.27. The second-order valence-electron chi connectivity index (χ2n) is 6.52. The van der Waals surface area contributed by atoms with Crippen LogP contribution in [0.5, 0.6) is 0 Å². The number of amides is 1. The average Bonchev–Trinajstić information content (AvgIpc) is 3.55. The van der Waals surface area contributed by atoms with Crippen LogP contribution >= 0.6 is 11.3 Å². The van der Waals surface area contributed by atoms with Crippen LogP contribution < -0.4 is 4.90 Å². The lowest BCUT2D eigenvalue weighted by atomic mass is 10.3. The van der Waals surface area contributed by atoms with Gasteiger partial charge in [-0.15, -0.1) is 11.3 Å². The van der Waals surface area contributed by atoms with Crippen molar-refractivity contribution in [1.29, 1.82) is 0 Å². The molecule has 0 saturated carbocycles. The first-order valence-corrected chi connectivity index (χ1v) is 10.0. The summed E-state index contributed by atoms with van der Waals surface area (Å²) in [6, 6.07) is 13.4. The highest BCUT2D eigenvalue weighted by Crippen LogP contribution is 2.25. The maximum Gasteiger partial charge on any atom is 0.273 e. The molecule has 1 fully saturated rings. The van der Waals surface area contributed by atoms with E-state index in [0.717, 1.165) is 5.69 Å². The molecule has 0 N–H and O–H groups in total. The van der Waals surface area contributed by atoms with E-state index < -0.39 is 0 Å². The lowest BCUT2D eigenvalue weighted by molar-refractivity contribution is 0.0741. The molecule has 3 aromatic heterocycles. The van der Waals surface area contributed by atoms with Crippen molar-refractivity contribution < 1.29 is 9.21 Å². The van der Waals surface area contributed by atoms with Crippen molar-refractivity contribution in [2.75, 3.05) is 31.1 Å². The lowest BCUT2D eigenvalue weighted by Crippen LogP contribution is -2.49. The molecule has 29 heavy (non-hydrogen) atoms. The van der Waals surface area contributed by atoms with E-state index in [4.69, 9.17) is 4.42 Å². The molecule has 10 heteroatoms. The molecule has 1 amide bonds. The molecule has 4 heterocycles. The zero-order chi connectivity index (χ0) is 19.6. The molecule has 0 radical (unpaired) electrons. The number of furan rings is 1. The van der Waals surface area contributed by atoms with Crippen molar-refractivity contribution in [2.24, 2.45) is 0 Å². The number of tetrazole rings is 1. The number of anilines is 1. The van der Waals surface area contributed by atoms with E-state index in [-0.39, 0.29) is 5.91 Å². The highest BCUT2D eigenvalue weighted by molar-refractivity contribution is 7.13. The fourth-order valence-corrected chi connectivity index (χ4v) is 4.03. The minimum Gasteiger partial charge on any atom is -0.462 e. The maximum atomic E-state index is 12.8. The first-order chi connectivity index (χ1) is 14.3. The van der Waals surface area contributed by atoms with Gasteiger partial charge in [-0.3, -0.25) is 4.79 Å². The highest BCUT2D eigenvalue weighted by Gasteiger charge is 2.27. The number of carbonyl (C=O) groups is 1. The summed E-state index contributed by atoms with van der Waals surface area (Å²) in [5, 5.41) is 14.6. The first kappa shape index (κ1) is 17.6. The van der Waals surface area contributed by atoms with Gasteiger partial charge in [0.1, 0.15) is 5.69 Å². The number of hydrogen-bond acceptors (Lipinski definition) is 8. The largest absolute Gasteiger partial charge is 0.462 e. The van der Waals surface area contributed by atoms with E-state index in [1.807, 2.05) is 41.3 Å². The Morgan fingerprint density at radius 2 is 1.86 bits per heavy atom. The number of benzene rings is 1. The Morgan fingerprint density at radius 1 is 1.03 bits per heavy atom. The standard InChI is InChI=1S/C19H17N7O2S/c27-18(15-13-29-17(20-15)16-7-4-12-28-16)24-8-10-25(11-9-24)19-21-22-23-26(19)14-5-2-1-3-6-14/h1-7,12-13H,8-11H2. The van der Waals surface area contributed by atoms with Gasteiger partial charge in [0.05, 0.1) is 12.0 Å². The summed E-state index contributed by atoms with van der Waals surface area (Å²) in [4.78, 5) is 21.2. The van der Waals surface area contributed by atoms with E-state index in [0.29, 0.717) is 48.6 Å². The van der Waals surface area contributed by atoms with Crippen LogP contribution in [-0.2, 0) is 0 Å². The third-order valence-corrected chi connectivity index (χ3v) is 5.62. The topological polar surface area (TPSA) is 93.2 Å². The third kappa shape index (κ3) is 3.38. The van der Waals surface area contributed by atoms with Gasteiger partial charge in [-0.2, -0.15) is 4.68 Å². The summed E-state index contributed by atoms with van der Waals surface area (Å²) in [5.74, 6) is 1.28. The van der Waals surface area contributed by atoms with Crippen LogP contribution in [-0.4, -0.2) is 62.2 Å². The van der Waals surface area contributed by atoms with Gasteiger partial charge in [0, 0.05) is 31.6 Å². The predicted molar refractivity (Wildman–Crippen MR) is 107 cm³/mol. The first-order valence-electron chi connectivity index (χ1n) is 9.17. The Morgan fingerprint density at radius 3 is 2.62 bits per heavy atom. The van der Waals surface area contributed by atoms with E-state index in [2.05, 4.69) is 25.4 Å². The predicted octanol–water partition coefficient (Wildman–Crippen LogP) is 2.34. The Kier molecular flexibility index (Phi) is 4.53. The monoisotopic (exact) mass is 407 g/mol. The minimum atomic E-state index is -0.0682. The van der Waals surface area contributed by atoms with Crippen molar-refractivity contribution in [1.82, 2.24) is 30.1 Å². The number of carbonyl (C=O) groups excluding carboxylic acids is 1. The van der Waals surface area contributed by atoms with E-state index in [1.165, 1.54) is 11.3 Å². The molecule has 1 aromatic carbocycles. The summed E-state index contributed by atoms with van der Waals surface area (Å²) in [6.45, 7) is 2.45. The molecule has 0 aliphatic carbocycles. The molecule has 146 valence electrons. The third-order valence-electron chi connectivity index (χ3n) is 4.76. The van der Waals surface area contributed by atoms with Crippen molar-refractivity contribution in [3.8, 4) is 16.5 Å². The smallest absolute Gasteiger partial charge is 0.273 e. The summed E-state index contributed by atoms with van der Waals surface area (Å²) >= 11 is 1.41. The number of aromatic nitrogens is 5. The summed E-state index contributed by atoms with van der Waals surface area (Å²) in [5.41, 5.74) is 1.35.